The molecule has 1 heterocycles. The maximum Gasteiger partial charge on any atom is 0.243 e. The third-order valence-electron chi connectivity index (χ3n) is 6.80. The van der Waals surface area contributed by atoms with Gasteiger partial charge in [-0.05, 0) is 56.6 Å². The summed E-state index contributed by atoms with van der Waals surface area (Å²) in [4.78, 5) is 29.9. The van der Waals surface area contributed by atoms with Crippen LogP contribution >= 0.6 is 0 Å². The summed E-state index contributed by atoms with van der Waals surface area (Å²) in [6.45, 7) is 0. The van der Waals surface area contributed by atoms with E-state index in [-0.39, 0.29) is 11.8 Å². The van der Waals surface area contributed by atoms with Crippen molar-refractivity contribution >= 4 is 17.5 Å². The van der Waals surface area contributed by atoms with Crippen LogP contribution in [0.15, 0.2) is 59.2 Å². The normalized spacial score (nSPS) is 26.9. The number of allylic oxidation sites excluding steroid dienone is 4. The molecule has 1 aromatic carbocycles. The molecule has 0 aromatic heterocycles. The Morgan fingerprint density at radius 3 is 2.77 bits per heavy atom. The van der Waals surface area contributed by atoms with Crippen LogP contribution in [-0.2, 0) is 16.0 Å². The van der Waals surface area contributed by atoms with Gasteiger partial charge in [-0.1, -0.05) is 48.9 Å². The maximum absolute atomic E-state index is 12.7. The predicted octanol–water partition coefficient (Wildman–Crippen LogP) is 3.84. The van der Waals surface area contributed by atoms with Crippen molar-refractivity contribution in [2.45, 2.75) is 63.3 Å². The van der Waals surface area contributed by atoms with Gasteiger partial charge in [0.15, 0.2) is 0 Å². The molecule has 1 aliphatic heterocycles. The number of fused-ring (bicyclic) bond motifs is 3. The minimum Gasteiger partial charge on any atom is -0.368 e. The van der Waals surface area contributed by atoms with Gasteiger partial charge >= 0.3 is 0 Å². The lowest BCUT2D eigenvalue weighted by atomic mass is 9.69. The van der Waals surface area contributed by atoms with Gasteiger partial charge in [0.2, 0.25) is 11.8 Å². The number of aryl methyl sites for hydroxylation is 1. The van der Waals surface area contributed by atoms with E-state index >= 15 is 0 Å². The molecule has 2 amide bonds. The number of hydrogen-bond acceptors (Lipinski definition) is 3. The van der Waals surface area contributed by atoms with Crippen LogP contribution in [0.4, 0.5) is 0 Å². The third kappa shape index (κ3) is 4.40. The molecule has 158 valence electrons. The molecule has 3 N–H and O–H groups in total. The fraction of sp³-hybridized carbons (Fsp3) is 0.480. The number of aliphatic imine (C=N–C) groups is 1. The van der Waals surface area contributed by atoms with Crippen molar-refractivity contribution in [1.29, 1.82) is 0 Å². The number of hydrogen-bond donors (Lipinski definition) is 2. The second kappa shape index (κ2) is 8.99. The first-order valence-electron chi connectivity index (χ1n) is 11.2. The van der Waals surface area contributed by atoms with E-state index < -0.39 is 11.4 Å². The molecule has 5 nitrogen and oxygen atoms in total. The summed E-state index contributed by atoms with van der Waals surface area (Å²) in [6, 6.07) is 10.4. The van der Waals surface area contributed by atoms with Gasteiger partial charge in [-0.3, -0.25) is 14.6 Å². The van der Waals surface area contributed by atoms with Crippen LogP contribution in [0.1, 0.15) is 56.9 Å². The highest BCUT2D eigenvalue weighted by molar-refractivity contribution is 5.97. The molecule has 0 saturated heterocycles. The van der Waals surface area contributed by atoms with Gasteiger partial charge in [0.25, 0.3) is 0 Å². The van der Waals surface area contributed by atoms with Gasteiger partial charge < -0.3 is 11.1 Å². The molecule has 1 aromatic rings. The molecule has 30 heavy (non-hydrogen) atoms. The summed E-state index contributed by atoms with van der Waals surface area (Å²) in [5.41, 5.74) is 8.49. The van der Waals surface area contributed by atoms with Gasteiger partial charge in [0.1, 0.15) is 5.54 Å². The average Bonchev–Trinajstić information content (AvgIpc) is 3.12. The quantitative estimate of drug-likeness (QED) is 0.644. The summed E-state index contributed by atoms with van der Waals surface area (Å²) in [5, 5.41) is 3.04. The van der Waals surface area contributed by atoms with Crippen LogP contribution in [0, 0.1) is 11.8 Å². The van der Waals surface area contributed by atoms with Crippen LogP contribution in [0.3, 0.4) is 0 Å². The molecule has 0 radical (unpaired) electrons. The first-order chi connectivity index (χ1) is 14.6. The Kier molecular flexibility index (Phi) is 6.16. The smallest absolute Gasteiger partial charge is 0.243 e. The van der Waals surface area contributed by atoms with E-state index in [2.05, 4.69) is 41.7 Å². The number of amides is 2. The largest absolute Gasteiger partial charge is 0.368 e. The van der Waals surface area contributed by atoms with E-state index in [1.807, 2.05) is 12.1 Å². The van der Waals surface area contributed by atoms with E-state index in [0.29, 0.717) is 25.2 Å². The molecule has 0 bridgehead atoms. The van der Waals surface area contributed by atoms with Crippen molar-refractivity contribution < 1.29 is 9.59 Å². The Morgan fingerprint density at radius 2 is 1.97 bits per heavy atom. The van der Waals surface area contributed by atoms with Crippen molar-refractivity contribution in [1.82, 2.24) is 5.32 Å². The van der Waals surface area contributed by atoms with Gasteiger partial charge in [-0.15, -0.1) is 0 Å². The summed E-state index contributed by atoms with van der Waals surface area (Å²) < 4.78 is 0. The lowest BCUT2D eigenvalue weighted by Crippen LogP contribution is -2.61. The Balaban J connectivity index is 1.29. The molecule has 1 fully saturated rings. The number of nitrogens with two attached hydrogens (primary N) is 1. The van der Waals surface area contributed by atoms with Crippen molar-refractivity contribution in [2.75, 3.05) is 0 Å². The predicted molar refractivity (Wildman–Crippen MR) is 119 cm³/mol. The average molecular weight is 406 g/mol. The van der Waals surface area contributed by atoms with Gasteiger partial charge in [-0.2, -0.15) is 0 Å². The molecular weight excluding hydrogens is 374 g/mol. The zero-order chi connectivity index (χ0) is 21.0. The highest BCUT2D eigenvalue weighted by atomic mass is 16.2. The highest BCUT2D eigenvalue weighted by Crippen LogP contribution is 2.45. The number of primary amides is 1. The number of benzene rings is 1. The lowest BCUT2D eigenvalue weighted by Gasteiger charge is -2.40. The number of nitrogens with zero attached hydrogens (tertiary/aromatic N) is 1. The zero-order valence-corrected chi connectivity index (χ0v) is 17.5. The number of carbonyl (C=O) groups excluding carboxylic acids is 2. The Morgan fingerprint density at radius 1 is 1.13 bits per heavy atom. The van der Waals surface area contributed by atoms with E-state index in [1.54, 1.807) is 0 Å². The third-order valence-corrected chi connectivity index (χ3v) is 6.80. The summed E-state index contributed by atoms with van der Waals surface area (Å²) >= 11 is 0. The van der Waals surface area contributed by atoms with Crippen LogP contribution in [0.2, 0.25) is 0 Å². The molecule has 1 saturated carbocycles. The van der Waals surface area contributed by atoms with Crippen LogP contribution < -0.4 is 11.1 Å². The summed E-state index contributed by atoms with van der Waals surface area (Å²) in [5.74, 6) is 0.0431. The summed E-state index contributed by atoms with van der Waals surface area (Å²) in [7, 11) is 0. The maximum atomic E-state index is 12.7. The van der Waals surface area contributed by atoms with E-state index in [4.69, 9.17) is 10.7 Å². The van der Waals surface area contributed by atoms with Crippen molar-refractivity contribution in [3.8, 4) is 0 Å². The highest BCUT2D eigenvalue weighted by Gasteiger charge is 2.49. The number of carbonyl (C=O) groups is 2. The first-order valence-corrected chi connectivity index (χ1v) is 11.2. The molecule has 2 aliphatic carbocycles. The topological polar surface area (TPSA) is 84.5 Å². The van der Waals surface area contributed by atoms with Gasteiger partial charge in [-0.25, -0.2) is 0 Å². The van der Waals surface area contributed by atoms with E-state index in [1.165, 1.54) is 11.3 Å². The second-order valence-electron chi connectivity index (χ2n) is 8.82. The van der Waals surface area contributed by atoms with Crippen LogP contribution in [0.25, 0.3) is 0 Å². The standard InChI is InChI=1S/C25H31N3O2/c26-24(30)25(16-15-22-20(17-25)19-12-7-8-13-21(19)27-22)28-23(29)14-6-2-5-11-18-9-3-1-4-10-18/h1,3-4,7-10,13,19-20H,2,5-6,11-12,14-17H2,(H2,26,30)(H,28,29). The Labute approximate surface area is 178 Å². The summed E-state index contributed by atoms with van der Waals surface area (Å²) in [6.07, 6.45) is 13.4. The molecule has 5 heteroatoms. The Bertz CT molecular complexity index is 887. The minimum absolute atomic E-state index is 0.0637. The molecular formula is C25H31N3O2. The van der Waals surface area contributed by atoms with Crippen LogP contribution in [-0.4, -0.2) is 23.1 Å². The fourth-order valence-electron chi connectivity index (χ4n) is 5.09. The van der Waals surface area contributed by atoms with E-state index in [9.17, 15) is 9.59 Å². The molecule has 3 atom stereocenters. The lowest BCUT2D eigenvalue weighted by molar-refractivity contribution is -0.133. The SMILES string of the molecule is NC(=O)C1(NC(=O)CCCCCc2ccccc2)CCC2=NC3=CC=CCC3C2C1. The number of rotatable bonds is 8. The monoisotopic (exact) mass is 405 g/mol. The molecule has 3 unspecified atom stereocenters. The van der Waals surface area contributed by atoms with Gasteiger partial charge in [0, 0.05) is 29.7 Å². The van der Waals surface area contributed by atoms with E-state index in [0.717, 1.165) is 44.2 Å². The Hall–Kier alpha value is -2.69. The molecule has 3 aliphatic rings. The number of unbranched alkanes of at least 4 members (excludes halogenated alkanes) is 2. The molecule has 0 spiro atoms. The minimum atomic E-state index is -0.943. The first kappa shape index (κ1) is 20.6. The van der Waals surface area contributed by atoms with Crippen molar-refractivity contribution in [3.05, 3.63) is 59.8 Å². The van der Waals surface area contributed by atoms with Crippen molar-refractivity contribution in [3.63, 3.8) is 0 Å². The fourth-order valence-corrected chi connectivity index (χ4v) is 5.09. The van der Waals surface area contributed by atoms with Crippen LogP contribution in [0.5, 0.6) is 0 Å². The van der Waals surface area contributed by atoms with Gasteiger partial charge in [0.05, 0.1) is 0 Å². The number of nitrogens with one attached hydrogen (secondary N) is 1. The zero-order valence-electron chi connectivity index (χ0n) is 17.5. The van der Waals surface area contributed by atoms with Crippen molar-refractivity contribution in [2.24, 2.45) is 22.6 Å². The molecule has 4 rings (SSSR count). The second-order valence-corrected chi connectivity index (χ2v) is 8.82.